The van der Waals surface area contributed by atoms with Crippen molar-refractivity contribution in [3.63, 3.8) is 0 Å². The fourth-order valence-corrected chi connectivity index (χ4v) is 4.30. The lowest BCUT2D eigenvalue weighted by Crippen LogP contribution is -2.40. The first kappa shape index (κ1) is 24.8. The van der Waals surface area contributed by atoms with Crippen molar-refractivity contribution in [2.24, 2.45) is 0 Å². The van der Waals surface area contributed by atoms with Gasteiger partial charge in [-0.15, -0.1) is 0 Å². The Morgan fingerprint density at radius 2 is 1.49 bits per heavy atom. The van der Waals surface area contributed by atoms with Crippen molar-refractivity contribution in [3.05, 3.63) is 132 Å². The number of nitrogens with zero attached hydrogens (tertiary/aromatic N) is 1. The van der Waals surface area contributed by atoms with Gasteiger partial charge in [0.25, 0.3) is 0 Å². The molecule has 0 spiro atoms. The molecular weight excluding hydrogens is 434 g/mol. The number of hydrogen-bond acceptors (Lipinski definition) is 4. The van der Waals surface area contributed by atoms with Crippen molar-refractivity contribution in [2.75, 3.05) is 6.54 Å². The highest BCUT2D eigenvalue weighted by Crippen LogP contribution is 2.24. The highest BCUT2D eigenvalue weighted by molar-refractivity contribution is 5.31. The molecule has 4 rings (SSSR count). The molecule has 1 aliphatic rings. The summed E-state index contributed by atoms with van der Waals surface area (Å²) in [6, 6.07) is 28.1. The third-order valence-corrected chi connectivity index (χ3v) is 6.40. The van der Waals surface area contributed by atoms with E-state index in [1.807, 2.05) is 55.0 Å². The van der Waals surface area contributed by atoms with E-state index in [4.69, 9.17) is 4.74 Å². The van der Waals surface area contributed by atoms with Crippen molar-refractivity contribution in [1.29, 1.82) is 0 Å². The van der Waals surface area contributed by atoms with Crippen molar-refractivity contribution in [2.45, 2.75) is 45.1 Å². The van der Waals surface area contributed by atoms with Gasteiger partial charge in [-0.05, 0) is 60.2 Å². The molecule has 2 atom stereocenters. The van der Waals surface area contributed by atoms with Crippen LogP contribution in [0.1, 0.15) is 30.0 Å². The fraction of sp³-hybridized carbons (Fsp3) is 0.258. The maximum absolute atomic E-state index is 11.1. The first-order valence-corrected chi connectivity index (χ1v) is 12.2. The van der Waals surface area contributed by atoms with E-state index in [1.54, 1.807) is 12.1 Å². The van der Waals surface area contributed by atoms with Crippen molar-refractivity contribution < 1.29 is 14.9 Å². The van der Waals surface area contributed by atoms with E-state index >= 15 is 0 Å². The SMILES string of the molecule is C[C@H](Cc1ccc(O)cc1)N(Cc1ccccc1)C[C@@H](O)C1=CC=C(OCc2ccccc2)[CH]C1. The number of allylic oxidation sites excluding steroid dienone is 3. The quantitative estimate of drug-likeness (QED) is 0.372. The molecule has 35 heavy (non-hydrogen) atoms. The first-order chi connectivity index (χ1) is 17.1. The van der Waals surface area contributed by atoms with Crippen molar-refractivity contribution >= 4 is 0 Å². The van der Waals surface area contributed by atoms with E-state index in [-0.39, 0.29) is 11.8 Å². The van der Waals surface area contributed by atoms with Gasteiger partial charge in [0.1, 0.15) is 18.1 Å². The number of benzene rings is 3. The van der Waals surface area contributed by atoms with Gasteiger partial charge >= 0.3 is 0 Å². The molecule has 0 bridgehead atoms. The van der Waals surface area contributed by atoms with Crippen molar-refractivity contribution in [3.8, 4) is 5.75 Å². The Balaban J connectivity index is 1.40. The Morgan fingerprint density at radius 3 is 2.11 bits per heavy atom. The fourth-order valence-electron chi connectivity index (χ4n) is 4.30. The van der Waals surface area contributed by atoms with E-state index in [2.05, 4.69) is 48.2 Å². The molecule has 2 N–H and O–H groups in total. The standard InChI is InChI=1S/C31H34NO3/c1-24(20-25-12-16-29(33)17-13-25)32(21-26-8-4-2-5-9-26)22-31(34)28-14-18-30(19-15-28)35-23-27-10-6-3-7-11-27/h2-14,16-19,24,31,33-34H,15,20-23H2,1H3/t24-,31-/m1/s1. The first-order valence-electron chi connectivity index (χ1n) is 12.2. The molecular formula is C31H34NO3. The monoisotopic (exact) mass is 468 g/mol. The molecule has 1 aliphatic carbocycles. The minimum Gasteiger partial charge on any atom is -0.508 e. The number of phenolic OH excluding ortho intramolecular Hbond substituents is 1. The molecule has 0 amide bonds. The van der Waals surface area contributed by atoms with Gasteiger partial charge in [-0.2, -0.15) is 0 Å². The predicted octanol–water partition coefficient (Wildman–Crippen LogP) is 5.82. The van der Waals surface area contributed by atoms with Gasteiger partial charge in [-0.3, -0.25) is 4.90 Å². The number of aliphatic hydroxyl groups excluding tert-OH is 1. The number of hydrogen-bond donors (Lipinski definition) is 2. The maximum Gasteiger partial charge on any atom is 0.115 e. The van der Waals surface area contributed by atoms with Gasteiger partial charge in [0.05, 0.1) is 6.10 Å². The van der Waals surface area contributed by atoms with Crippen LogP contribution in [-0.2, 0) is 24.3 Å². The van der Waals surface area contributed by atoms with Crippen LogP contribution in [0.4, 0.5) is 0 Å². The summed E-state index contributed by atoms with van der Waals surface area (Å²) in [6.07, 6.45) is 6.94. The van der Waals surface area contributed by atoms with Crippen LogP contribution in [0.15, 0.2) is 108 Å². The van der Waals surface area contributed by atoms with Gasteiger partial charge in [-0.1, -0.05) is 78.9 Å². The van der Waals surface area contributed by atoms with E-state index in [9.17, 15) is 10.2 Å². The van der Waals surface area contributed by atoms with E-state index in [0.29, 0.717) is 19.6 Å². The second kappa shape index (κ2) is 12.4. The third-order valence-electron chi connectivity index (χ3n) is 6.40. The van der Waals surface area contributed by atoms with Crippen LogP contribution in [-0.4, -0.2) is 33.8 Å². The summed E-state index contributed by atoms with van der Waals surface area (Å²) in [5, 5.41) is 20.7. The molecule has 0 heterocycles. The molecule has 0 aliphatic heterocycles. The number of aliphatic hydroxyl groups is 1. The highest BCUT2D eigenvalue weighted by Gasteiger charge is 2.22. The number of aromatic hydroxyl groups is 1. The largest absolute Gasteiger partial charge is 0.508 e. The molecule has 0 saturated heterocycles. The van der Waals surface area contributed by atoms with Gasteiger partial charge in [0, 0.05) is 25.6 Å². The van der Waals surface area contributed by atoms with Crippen LogP contribution in [0.3, 0.4) is 0 Å². The van der Waals surface area contributed by atoms with Gasteiger partial charge in [0.15, 0.2) is 0 Å². The lowest BCUT2D eigenvalue weighted by molar-refractivity contribution is 0.105. The lowest BCUT2D eigenvalue weighted by atomic mass is 9.97. The van der Waals surface area contributed by atoms with Crippen LogP contribution < -0.4 is 0 Å². The second-order valence-electron chi connectivity index (χ2n) is 9.14. The third kappa shape index (κ3) is 7.57. The van der Waals surface area contributed by atoms with Crippen LogP contribution in [0, 0.1) is 6.42 Å². The highest BCUT2D eigenvalue weighted by atomic mass is 16.5. The van der Waals surface area contributed by atoms with Crippen LogP contribution in [0.2, 0.25) is 0 Å². The smallest absolute Gasteiger partial charge is 0.115 e. The normalized spacial score (nSPS) is 15.3. The number of ether oxygens (including phenoxy) is 1. The van der Waals surface area contributed by atoms with Crippen LogP contribution in [0.25, 0.3) is 0 Å². The topological polar surface area (TPSA) is 52.9 Å². The van der Waals surface area contributed by atoms with E-state index < -0.39 is 6.10 Å². The molecule has 4 heteroatoms. The van der Waals surface area contributed by atoms with E-state index in [0.717, 1.165) is 35.4 Å². The minimum absolute atomic E-state index is 0.211. The second-order valence-corrected chi connectivity index (χ2v) is 9.14. The Kier molecular flexibility index (Phi) is 8.77. The summed E-state index contributed by atoms with van der Waals surface area (Å²) in [5.74, 6) is 1.12. The van der Waals surface area contributed by atoms with Gasteiger partial charge in [-0.25, -0.2) is 0 Å². The lowest BCUT2D eigenvalue weighted by Gasteiger charge is -2.32. The average molecular weight is 469 g/mol. The maximum atomic E-state index is 11.1. The molecule has 181 valence electrons. The van der Waals surface area contributed by atoms with Crippen LogP contribution >= 0.6 is 0 Å². The molecule has 3 aromatic rings. The van der Waals surface area contributed by atoms with Gasteiger partial charge in [0.2, 0.25) is 0 Å². The Bertz CT molecular complexity index is 1110. The Labute approximate surface area is 208 Å². The predicted molar refractivity (Wildman–Crippen MR) is 140 cm³/mol. The number of rotatable bonds is 11. The molecule has 0 fully saturated rings. The molecule has 4 nitrogen and oxygen atoms in total. The molecule has 0 unspecified atom stereocenters. The molecule has 0 aromatic heterocycles. The Hall–Kier alpha value is -3.34. The summed E-state index contributed by atoms with van der Waals surface area (Å²) >= 11 is 0. The molecule has 0 saturated carbocycles. The summed E-state index contributed by atoms with van der Waals surface area (Å²) in [5.41, 5.74) is 4.51. The molecule has 1 radical (unpaired) electrons. The van der Waals surface area contributed by atoms with Gasteiger partial charge < -0.3 is 14.9 Å². The van der Waals surface area contributed by atoms with E-state index in [1.165, 1.54) is 5.56 Å². The zero-order chi connectivity index (χ0) is 24.5. The minimum atomic E-state index is -0.566. The Morgan fingerprint density at radius 1 is 0.829 bits per heavy atom. The molecule has 3 aromatic carbocycles. The summed E-state index contributed by atoms with van der Waals surface area (Å²) in [4.78, 5) is 2.33. The van der Waals surface area contributed by atoms with Crippen LogP contribution in [0.5, 0.6) is 5.75 Å². The zero-order valence-corrected chi connectivity index (χ0v) is 20.3. The zero-order valence-electron chi connectivity index (χ0n) is 20.3. The summed E-state index contributed by atoms with van der Waals surface area (Å²) < 4.78 is 5.92. The average Bonchev–Trinajstić information content (AvgIpc) is 2.90. The number of phenols is 1. The van der Waals surface area contributed by atoms with Crippen molar-refractivity contribution in [1.82, 2.24) is 4.90 Å². The summed E-state index contributed by atoms with van der Waals surface area (Å²) in [6.45, 7) is 4.03. The summed E-state index contributed by atoms with van der Waals surface area (Å²) in [7, 11) is 0.